The molecule has 2 amide bonds. The minimum Gasteiger partial charge on any atom is -0.481 e. The number of aromatic nitrogens is 1. The van der Waals surface area contributed by atoms with Gasteiger partial charge in [0.2, 0.25) is 0 Å². The summed E-state index contributed by atoms with van der Waals surface area (Å²) in [7, 11) is 0. The van der Waals surface area contributed by atoms with E-state index in [0.29, 0.717) is 5.69 Å². The van der Waals surface area contributed by atoms with Crippen LogP contribution in [0.5, 0.6) is 0 Å². The molecular weight excluding hydrogens is 222 g/mol. The number of nitrogens with one attached hydrogen (secondary N) is 1. The molecule has 17 heavy (non-hydrogen) atoms. The number of hydrogen-bond donors (Lipinski definition) is 2. The van der Waals surface area contributed by atoms with E-state index in [0.717, 1.165) is 5.56 Å². The van der Waals surface area contributed by atoms with Gasteiger partial charge in [-0.3, -0.25) is 9.78 Å². The number of rotatable bonds is 2. The van der Waals surface area contributed by atoms with E-state index in [4.69, 9.17) is 5.11 Å². The van der Waals surface area contributed by atoms with Crippen molar-refractivity contribution in [2.24, 2.45) is 5.92 Å². The lowest BCUT2D eigenvalue weighted by atomic mass is 10.0. The number of likely N-dealkylation sites (tertiary alicyclic amines) is 1. The molecule has 0 radical (unpaired) electrons. The Balaban J connectivity index is 1.91. The highest BCUT2D eigenvalue weighted by atomic mass is 16.4. The fourth-order valence-electron chi connectivity index (χ4n) is 1.59. The molecule has 2 rings (SSSR count). The third-order valence-electron chi connectivity index (χ3n) is 2.80. The number of anilines is 1. The van der Waals surface area contributed by atoms with Crippen molar-refractivity contribution >= 4 is 17.7 Å². The number of aliphatic carboxylic acids is 1. The average Bonchev–Trinajstić information content (AvgIpc) is 2.18. The molecule has 1 aliphatic rings. The van der Waals surface area contributed by atoms with Crippen LogP contribution in [-0.2, 0) is 4.79 Å². The molecule has 1 aliphatic heterocycles. The fraction of sp³-hybridized carbons (Fsp3) is 0.364. The number of hydrogen-bond acceptors (Lipinski definition) is 3. The zero-order valence-corrected chi connectivity index (χ0v) is 9.38. The molecule has 0 bridgehead atoms. The Kier molecular flexibility index (Phi) is 2.95. The number of aryl methyl sites for hydroxylation is 1. The molecule has 2 heterocycles. The first kappa shape index (κ1) is 11.4. The van der Waals surface area contributed by atoms with Crippen LogP contribution in [0.4, 0.5) is 10.5 Å². The first-order valence-electron chi connectivity index (χ1n) is 5.27. The molecule has 1 saturated heterocycles. The third kappa shape index (κ3) is 2.35. The SMILES string of the molecule is Cc1ccncc1NC(=O)N1CC(C(=O)O)C1. The molecule has 0 spiro atoms. The summed E-state index contributed by atoms with van der Waals surface area (Å²) >= 11 is 0. The lowest BCUT2D eigenvalue weighted by molar-refractivity contribution is -0.145. The molecule has 6 heteroatoms. The molecule has 0 unspecified atom stereocenters. The molecule has 2 N–H and O–H groups in total. The fourth-order valence-corrected chi connectivity index (χ4v) is 1.59. The Morgan fingerprint density at radius 2 is 2.24 bits per heavy atom. The quantitative estimate of drug-likeness (QED) is 0.799. The molecule has 0 aliphatic carbocycles. The van der Waals surface area contributed by atoms with Crippen LogP contribution >= 0.6 is 0 Å². The maximum absolute atomic E-state index is 11.7. The number of carboxylic acids is 1. The maximum atomic E-state index is 11.7. The molecule has 0 saturated carbocycles. The minimum absolute atomic E-state index is 0.264. The van der Waals surface area contributed by atoms with E-state index >= 15 is 0 Å². The zero-order chi connectivity index (χ0) is 12.4. The number of pyridine rings is 1. The van der Waals surface area contributed by atoms with Crippen LogP contribution in [0.1, 0.15) is 5.56 Å². The van der Waals surface area contributed by atoms with Crippen molar-refractivity contribution in [1.29, 1.82) is 0 Å². The Morgan fingerprint density at radius 3 is 2.82 bits per heavy atom. The number of carbonyl (C=O) groups excluding carboxylic acids is 1. The first-order chi connectivity index (χ1) is 8.08. The monoisotopic (exact) mass is 235 g/mol. The van der Waals surface area contributed by atoms with Crippen molar-refractivity contribution in [3.05, 3.63) is 24.0 Å². The smallest absolute Gasteiger partial charge is 0.321 e. The predicted molar refractivity (Wildman–Crippen MR) is 60.7 cm³/mol. The van der Waals surface area contributed by atoms with E-state index < -0.39 is 11.9 Å². The van der Waals surface area contributed by atoms with Gasteiger partial charge >= 0.3 is 12.0 Å². The third-order valence-corrected chi connectivity index (χ3v) is 2.80. The van der Waals surface area contributed by atoms with Crippen molar-refractivity contribution in [2.45, 2.75) is 6.92 Å². The molecule has 1 aromatic heterocycles. The van der Waals surface area contributed by atoms with Gasteiger partial charge < -0.3 is 15.3 Å². The van der Waals surface area contributed by atoms with E-state index in [1.54, 1.807) is 18.5 Å². The normalized spacial score (nSPS) is 15.2. The summed E-state index contributed by atoms with van der Waals surface area (Å²) in [4.78, 5) is 27.7. The number of carboxylic acid groups (broad SMARTS) is 1. The average molecular weight is 235 g/mol. The van der Waals surface area contributed by atoms with E-state index in [-0.39, 0.29) is 19.1 Å². The van der Waals surface area contributed by atoms with Gasteiger partial charge in [0.1, 0.15) is 0 Å². The van der Waals surface area contributed by atoms with Crippen LogP contribution in [0.3, 0.4) is 0 Å². The second-order valence-electron chi connectivity index (χ2n) is 4.06. The molecule has 0 aromatic carbocycles. The lowest BCUT2D eigenvalue weighted by Crippen LogP contribution is -2.54. The van der Waals surface area contributed by atoms with Gasteiger partial charge in [0.25, 0.3) is 0 Å². The Hall–Kier alpha value is -2.11. The first-order valence-corrected chi connectivity index (χ1v) is 5.27. The number of amides is 2. The van der Waals surface area contributed by atoms with Crippen LogP contribution in [0, 0.1) is 12.8 Å². The van der Waals surface area contributed by atoms with E-state index in [1.807, 2.05) is 6.92 Å². The zero-order valence-electron chi connectivity index (χ0n) is 9.38. The minimum atomic E-state index is -0.855. The highest BCUT2D eigenvalue weighted by molar-refractivity contribution is 5.91. The highest BCUT2D eigenvalue weighted by Gasteiger charge is 2.35. The van der Waals surface area contributed by atoms with Gasteiger partial charge in [-0.1, -0.05) is 0 Å². The van der Waals surface area contributed by atoms with Crippen LogP contribution in [0.15, 0.2) is 18.5 Å². The van der Waals surface area contributed by atoms with Gasteiger partial charge in [-0.15, -0.1) is 0 Å². The van der Waals surface area contributed by atoms with E-state index in [1.165, 1.54) is 4.90 Å². The molecular formula is C11H13N3O3. The van der Waals surface area contributed by atoms with E-state index in [9.17, 15) is 9.59 Å². The lowest BCUT2D eigenvalue weighted by Gasteiger charge is -2.36. The van der Waals surface area contributed by atoms with Crippen molar-refractivity contribution in [1.82, 2.24) is 9.88 Å². The van der Waals surface area contributed by atoms with Crippen molar-refractivity contribution in [3.63, 3.8) is 0 Å². The summed E-state index contributed by atoms with van der Waals surface area (Å²) in [6, 6.07) is 1.52. The summed E-state index contributed by atoms with van der Waals surface area (Å²) < 4.78 is 0. The second-order valence-corrected chi connectivity index (χ2v) is 4.06. The van der Waals surface area contributed by atoms with Gasteiger partial charge in [0, 0.05) is 19.3 Å². The number of carbonyl (C=O) groups is 2. The largest absolute Gasteiger partial charge is 0.481 e. The summed E-state index contributed by atoms with van der Waals surface area (Å²) in [6.45, 7) is 2.40. The standard InChI is InChI=1S/C11H13N3O3/c1-7-2-3-12-4-9(7)13-11(17)14-5-8(6-14)10(15)16/h2-4,8H,5-6H2,1H3,(H,13,17)(H,15,16). The molecule has 1 fully saturated rings. The molecule has 6 nitrogen and oxygen atoms in total. The van der Waals surface area contributed by atoms with Crippen LogP contribution < -0.4 is 5.32 Å². The summed E-state index contributed by atoms with van der Waals surface area (Å²) in [6.07, 6.45) is 3.22. The maximum Gasteiger partial charge on any atom is 0.321 e. The van der Waals surface area contributed by atoms with Gasteiger partial charge in [0.15, 0.2) is 0 Å². The van der Waals surface area contributed by atoms with E-state index in [2.05, 4.69) is 10.3 Å². The Morgan fingerprint density at radius 1 is 1.53 bits per heavy atom. The molecule has 0 atom stereocenters. The van der Waals surface area contributed by atoms with Gasteiger partial charge in [-0.05, 0) is 18.6 Å². The van der Waals surface area contributed by atoms with Gasteiger partial charge in [-0.25, -0.2) is 4.79 Å². The van der Waals surface area contributed by atoms with Crippen molar-refractivity contribution in [3.8, 4) is 0 Å². The van der Waals surface area contributed by atoms with Crippen LogP contribution in [0.2, 0.25) is 0 Å². The highest BCUT2D eigenvalue weighted by Crippen LogP contribution is 2.18. The Bertz CT molecular complexity index is 455. The van der Waals surface area contributed by atoms with Gasteiger partial charge in [-0.2, -0.15) is 0 Å². The van der Waals surface area contributed by atoms with Crippen LogP contribution in [0.25, 0.3) is 0 Å². The summed E-state index contributed by atoms with van der Waals surface area (Å²) in [5.41, 5.74) is 1.57. The predicted octanol–water partition coefficient (Wildman–Crippen LogP) is 0.938. The van der Waals surface area contributed by atoms with Crippen LogP contribution in [-0.4, -0.2) is 40.1 Å². The summed E-state index contributed by atoms with van der Waals surface area (Å²) in [5.74, 6) is -1.29. The van der Waals surface area contributed by atoms with Gasteiger partial charge in [0.05, 0.1) is 17.8 Å². The number of nitrogens with zero attached hydrogens (tertiary/aromatic N) is 2. The topological polar surface area (TPSA) is 82.5 Å². The molecule has 1 aromatic rings. The Labute approximate surface area is 98.3 Å². The van der Waals surface area contributed by atoms with Crippen molar-refractivity contribution in [2.75, 3.05) is 18.4 Å². The second kappa shape index (κ2) is 4.40. The van der Waals surface area contributed by atoms with Crippen molar-refractivity contribution < 1.29 is 14.7 Å². The number of urea groups is 1. The summed E-state index contributed by atoms with van der Waals surface area (Å²) in [5, 5.41) is 11.4. The molecule has 90 valence electrons.